The van der Waals surface area contributed by atoms with E-state index in [9.17, 15) is 0 Å². The molecule has 2 aliphatic rings. The van der Waals surface area contributed by atoms with E-state index in [1.165, 1.54) is 29.8 Å². The van der Waals surface area contributed by atoms with Crippen LogP contribution in [0, 0.1) is 19.8 Å². The van der Waals surface area contributed by atoms with Crippen molar-refractivity contribution >= 4 is 56.2 Å². The molecule has 1 N–H and O–H groups in total. The molecule has 0 amide bonds. The van der Waals surface area contributed by atoms with Crippen LogP contribution >= 0.6 is 39.7 Å². The first-order chi connectivity index (χ1) is 19.3. The first kappa shape index (κ1) is 27.3. The number of nitrogens with zero attached hydrogens (tertiary/aromatic N) is 4. The Balaban J connectivity index is 1.43. The first-order valence-electron chi connectivity index (χ1n) is 13.8. The van der Waals surface area contributed by atoms with Gasteiger partial charge < -0.3 is 19.7 Å². The number of piperidine rings is 1. The number of pyridine rings is 1. The second-order valence-corrected chi connectivity index (χ2v) is 12.6. The summed E-state index contributed by atoms with van der Waals surface area (Å²) in [5.74, 6) is 0.767. The van der Waals surface area contributed by atoms with Gasteiger partial charge in [0.05, 0.1) is 28.5 Å². The van der Waals surface area contributed by atoms with Crippen LogP contribution in [-0.2, 0) is 0 Å². The molecule has 8 heteroatoms. The molecule has 2 aromatic heterocycles. The third kappa shape index (κ3) is 5.04. The van der Waals surface area contributed by atoms with E-state index in [4.69, 9.17) is 28.8 Å². The zero-order valence-corrected chi connectivity index (χ0v) is 26.1. The van der Waals surface area contributed by atoms with E-state index in [2.05, 4.69) is 111 Å². The monoisotopic (exact) mass is 633 g/mol. The van der Waals surface area contributed by atoms with Gasteiger partial charge in [-0.2, -0.15) is 0 Å². The minimum Gasteiger partial charge on any atom is -0.370 e. The lowest BCUT2D eigenvalue weighted by molar-refractivity contribution is 0.438. The van der Waals surface area contributed by atoms with Crippen molar-refractivity contribution in [1.82, 2.24) is 14.9 Å². The third-order valence-electron chi connectivity index (χ3n) is 8.31. The van der Waals surface area contributed by atoms with Crippen molar-refractivity contribution in [3.63, 3.8) is 0 Å². The molecular formula is C32H33BrClN5S. The number of aromatic nitrogens is 2. The van der Waals surface area contributed by atoms with E-state index in [0.717, 1.165) is 51.3 Å². The normalized spacial score (nSPS) is 19.8. The van der Waals surface area contributed by atoms with Crippen LogP contribution in [-0.4, -0.2) is 27.8 Å². The van der Waals surface area contributed by atoms with Crippen LogP contribution in [0.3, 0.4) is 0 Å². The second kappa shape index (κ2) is 11.2. The Morgan fingerprint density at radius 2 is 1.70 bits per heavy atom. The Morgan fingerprint density at radius 3 is 2.38 bits per heavy atom. The summed E-state index contributed by atoms with van der Waals surface area (Å²) in [6.07, 6.45) is 4.23. The number of benzene rings is 2. The van der Waals surface area contributed by atoms with Gasteiger partial charge in [-0.25, -0.2) is 0 Å². The van der Waals surface area contributed by atoms with Crippen molar-refractivity contribution in [3.8, 4) is 5.69 Å². The highest BCUT2D eigenvalue weighted by Gasteiger charge is 2.42. The van der Waals surface area contributed by atoms with Gasteiger partial charge in [0.1, 0.15) is 0 Å². The first-order valence-corrected chi connectivity index (χ1v) is 15.4. The summed E-state index contributed by atoms with van der Waals surface area (Å²) in [6, 6.07) is 22.9. The van der Waals surface area contributed by atoms with Crippen molar-refractivity contribution in [2.75, 3.05) is 22.9 Å². The summed E-state index contributed by atoms with van der Waals surface area (Å²) in [5, 5.41) is 5.03. The molecule has 0 saturated carbocycles. The minimum absolute atomic E-state index is 0.101. The fraction of sp³-hybridized carbons (Fsp3) is 0.312. The van der Waals surface area contributed by atoms with Crippen LogP contribution in [0.4, 0.5) is 11.4 Å². The Bertz CT molecular complexity index is 1530. The predicted octanol–water partition coefficient (Wildman–Crippen LogP) is 8.32. The molecule has 2 saturated heterocycles. The molecule has 0 spiro atoms. The smallest absolute Gasteiger partial charge is 0.174 e. The van der Waals surface area contributed by atoms with Crippen molar-refractivity contribution in [3.05, 3.63) is 105 Å². The van der Waals surface area contributed by atoms with Crippen LogP contribution in [0.5, 0.6) is 0 Å². The third-order valence-corrected chi connectivity index (χ3v) is 9.45. The molecule has 40 heavy (non-hydrogen) atoms. The zero-order chi connectivity index (χ0) is 28.0. The molecule has 0 unspecified atom stereocenters. The largest absolute Gasteiger partial charge is 0.370 e. The number of rotatable bonds is 5. The van der Waals surface area contributed by atoms with Crippen LogP contribution < -0.4 is 15.1 Å². The average molecular weight is 635 g/mol. The number of anilines is 2. The van der Waals surface area contributed by atoms with Gasteiger partial charge >= 0.3 is 0 Å². The zero-order valence-electron chi connectivity index (χ0n) is 22.9. The van der Waals surface area contributed by atoms with Crippen molar-refractivity contribution in [2.24, 2.45) is 5.92 Å². The summed E-state index contributed by atoms with van der Waals surface area (Å²) in [5.41, 5.74) is 7.70. The highest BCUT2D eigenvalue weighted by molar-refractivity contribution is 9.10. The van der Waals surface area contributed by atoms with E-state index in [1.807, 2.05) is 18.3 Å². The van der Waals surface area contributed by atoms with E-state index < -0.39 is 0 Å². The van der Waals surface area contributed by atoms with E-state index >= 15 is 0 Å². The molecule has 2 aliphatic heterocycles. The molecule has 5 nitrogen and oxygen atoms in total. The van der Waals surface area contributed by atoms with Crippen LogP contribution in [0.1, 0.15) is 54.5 Å². The van der Waals surface area contributed by atoms with Crippen LogP contribution in [0.25, 0.3) is 5.69 Å². The predicted molar refractivity (Wildman–Crippen MR) is 173 cm³/mol. The molecule has 0 radical (unpaired) electrons. The van der Waals surface area contributed by atoms with Crippen LogP contribution in [0.2, 0.25) is 5.02 Å². The van der Waals surface area contributed by atoms with Crippen LogP contribution in [0.15, 0.2) is 77.4 Å². The number of thiocarbonyl (C=S) groups is 1. The summed E-state index contributed by atoms with van der Waals surface area (Å²) in [7, 11) is 0. The fourth-order valence-electron chi connectivity index (χ4n) is 6.18. The van der Waals surface area contributed by atoms with E-state index in [1.54, 1.807) is 0 Å². The molecule has 4 aromatic rings. The topological polar surface area (TPSA) is 36.3 Å². The molecule has 0 bridgehead atoms. The lowest BCUT2D eigenvalue weighted by atomic mass is 9.96. The maximum absolute atomic E-state index is 6.97. The standard InChI is InChI=1S/C32H33BrClN5S/c1-20-13-16-37(17-14-20)29-12-11-25(19-27(29)34)39-31(30(36-32(39)40)28-6-4-5-15-35-28)26-18-21(2)38(22(26)3)24-9-7-23(33)8-10-24/h4-12,15,18-20,30-31H,13-14,16-17H2,1-3H3,(H,36,40)/t30-,31+/m0/s1. The van der Waals surface area contributed by atoms with Gasteiger partial charge in [0.2, 0.25) is 0 Å². The molecular weight excluding hydrogens is 602 g/mol. The molecule has 2 fully saturated rings. The molecule has 0 aliphatic carbocycles. The van der Waals surface area contributed by atoms with Crippen molar-refractivity contribution in [1.29, 1.82) is 0 Å². The quantitative estimate of drug-likeness (QED) is 0.224. The maximum Gasteiger partial charge on any atom is 0.174 e. The van der Waals surface area contributed by atoms with Gasteiger partial charge in [0, 0.05) is 46.5 Å². The minimum atomic E-state index is -0.116. The Labute approximate surface area is 255 Å². The summed E-state index contributed by atoms with van der Waals surface area (Å²) < 4.78 is 3.37. The Morgan fingerprint density at radius 1 is 0.975 bits per heavy atom. The number of hydrogen-bond acceptors (Lipinski definition) is 3. The van der Waals surface area contributed by atoms with Gasteiger partial charge in [0.15, 0.2) is 5.11 Å². The van der Waals surface area contributed by atoms with Gasteiger partial charge in [-0.3, -0.25) is 4.98 Å². The second-order valence-electron chi connectivity index (χ2n) is 10.9. The molecule has 6 rings (SSSR count). The average Bonchev–Trinajstić information content (AvgIpc) is 3.45. The molecule has 2 aromatic carbocycles. The molecule has 4 heterocycles. The van der Waals surface area contributed by atoms with Crippen molar-refractivity contribution in [2.45, 2.75) is 45.7 Å². The van der Waals surface area contributed by atoms with Gasteiger partial charge in [-0.05, 0) is 111 Å². The summed E-state index contributed by atoms with van der Waals surface area (Å²) in [6.45, 7) is 8.75. The lowest BCUT2D eigenvalue weighted by Crippen LogP contribution is -2.33. The number of hydrogen-bond donors (Lipinski definition) is 1. The number of aryl methyl sites for hydroxylation is 1. The maximum atomic E-state index is 6.97. The molecule has 2 atom stereocenters. The summed E-state index contributed by atoms with van der Waals surface area (Å²) in [4.78, 5) is 9.36. The van der Waals surface area contributed by atoms with E-state index in [-0.39, 0.29) is 12.1 Å². The van der Waals surface area contributed by atoms with Crippen molar-refractivity contribution < 1.29 is 0 Å². The van der Waals surface area contributed by atoms with Gasteiger partial charge in [-0.1, -0.05) is 40.5 Å². The highest BCUT2D eigenvalue weighted by atomic mass is 79.9. The van der Waals surface area contributed by atoms with Gasteiger partial charge in [-0.15, -0.1) is 0 Å². The van der Waals surface area contributed by atoms with Gasteiger partial charge in [0.25, 0.3) is 0 Å². The Hall–Kier alpha value is -2.87. The highest BCUT2D eigenvalue weighted by Crippen LogP contribution is 2.45. The molecule has 206 valence electrons. The number of halogens is 2. The summed E-state index contributed by atoms with van der Waals surface area (Å²) >= 11 is 16.5. The van der Waals surface area contributed by atoms with E-state index in [0.29, 0.717) is 5.11 Å². The fourth-order valence-corrected chi connectivity index (χ4v) is 7.08. The lowest BCUT2D eigenvalue weighted by Gasteiger charge is -2.33. The Kier molecular flexibility index (Phi) is 7.64. The SMILES string of the molecule is Cc1cc([C@@H]2[C@H](c3ccccn3)NC(=S)N2c2ccc(N3CCC(C)CC3)c(Cl)c2)c(C)n1-c1ccc(Br)cc1. The number of nitrogens with one attached hydrogen (secondary N) is 1.